The highest BCUT2D eigenvalue weighted by molar-refractivity contribution is 6.50. The molecular weight excluding hydrogens is 154 g/mol. The van der Waals surface area contributed by atoms with E-state index in [9.17, 15) is 0 Å². The zero-order valence-corrected chi connectivity index (χ0v) is 7.57. The number of anilines is 2. The van der Waals surface area contributed by atoms with Crippen LogP contribution in [0.5, 0.6) is 0 Å². The Morgan fingerprint density at radius 3 is 2.91 bits per heavy atom. The van der Waals surface area contributed by atoms with Gasteiger partial charge in [0, 0.05) is 13.2 Å². The number of nitrogens with zero attached hydrogens (tertiary/aromatic N) is 3. The number of pyridine rings is 1. The standard InChI is InChI=1S/C7H9N3Si/c1-9-6-4-3-5-8-7(6)10(2)11-9/h3-5H,1-2H3. The number of rotatable bonds is 0. The number of hydrogen-bond donors (Lipinski definition) is 0. The van der Waals surface area contributed by atoms with Gasteiger partial charge >= 0.3 is 9.84 Å². The van der Waals surface area contributed by atoms with E-state index in [0.717, 1.165) is 5.82 Å². The molecule has 3 nitrogen and oxygen atoms in total. The van der Waals surface area contributed by atoms with Crippen molar-refractivity contribution in [2.45, 2.75) is 0 Å². The minimum atomic E-state index is 0.698. The van der Waals surface area contributed by atoms with Gasteiger partial charge in [0.2, 0.25) is 0 Å². The third-order valence-corrected chi connectivity index (χ3v) is 2.80. The average molecular weight is 163 g/mol. The van der Waals surface area contributed by atoms with E-state index in [0.29, 0.717) is 9.84 Å². The molecule has 1 aromatic rings. The molecule has 1 aliphatic rings. The van der Waals surface area contributed by atoms with Crippen LogP contribution in [0.2, 0.25) is 0 Å². The van der Waals surface area contributed by atoms with Gasteiger partial charge in [-0.3, -0.25) is 0 Å². The molecule has 0 fully saturated rings. The Labute approximate surface area is 68.6 Å². The predicted octanol–water partition coefficient (Wildman–Crippen LogP) is 0.502. The Bertz CT molecular complexity index is 249. The Hall–Kier alpha value is -1.03. The molecule has 56 valence electrons. The molecule has 0 aliphatic carbocycles. The lowest BCUT2D eigenvalue weighted by atomic mass is 10.4. The molecule has 2 heterocycles. The zero-order valence-electron chi connectivity index (χ0n) is 6.57. The molecule has 4 heteroatoms. The first kappa shape index (κ1) is 6.66. The van der Waals surface area contributed by atoms with Gasteiger partial charge < -0.3 is 9.13 Å². The minimum Gasteiger partial charge on any atom is -0.380 e. The summed E-state index contributed by atoms with van der Waals surface area (Å²) in [5.74, 6) is 1.09. The van der Waals surface area contributed by atoms with Crippen molar-refractivity contribution in [2.75, 3.05) is 23.2 Å². The molecule has 0 bridgehead atoms. The Balaban J connectivity index is 2.52. The maximum atomic E-state index is 4.28. The zero-order chi connectivity index (χ0) is 7.84. The molecule has 0 aromatic carbocycles. The molecule has 1 aromatic heterocycles. The fourth-order valence-electron chi connectivity index (χ4n) is 1.23. The van der Waals surface area contributed by atoms with Crippen molar-refractivity contribution in [2.24, 2.45) is 0 Å². The van der Waals surface area contributed by atoms with E-state index in [1.807, 2.05) is 12.3 Å². The quantitative estimate of drug-likeness (QED) is 0.519. The van der Waals surface area contributed by atoms with E-state index in [1.54, 1.807) is 0 Å². The Kier molecular flexibility index (Phi) is 1.35. The van der Waals surface area contributed by atoms with Crippen molar-refractivity contribution in [3.05, 3.63) is 18.3 Å². The predicted molar refractivity (Wildman–Crippen MR) is 46.8 cm³/mol. The minimum absolute atomic E-state index is 0.698. The van der Waals surface area contributed by atoms with E-state index in [4.69, 9.17) is 0 Å². The lowest BCUT2D eigenvalue weighted by Crippen LogP contribution is -2.29. The van der Waals surface area contributed by atoms with Gasteiger partial charge in [-0.15, -0.1) is 0 Å². The number of hydrogen-bond acceptors (Lipinski definition) is 3. The Morgan fingerprint density at radius 1 is 1.36 bits per heavy atom. The summed E-state index contributed by atoms with van der Waals surface area (Å²) in [6.07, 6.45) is 1.83. The molecule has 0 saturated carbocycles. The molecule has 0 N–H and O–H groups in total. The van der Waals surface area contributed by atoms with Crippen LogP contribution in [0.3, 0.4) is 0 Å². The number of aromatic nitrogens is 1. The van der Waals surface area contributed by atoms with Crippen molar-refractivity contribution < 1.29 is 0 Å². The lowest BCUT2D eigenvalue weighted by Gasteiger charge is -2.07. The van der Waals surface area contributed by atoms with Gasteiger partial charge in [0.05, 0.1) is 5.69 Å². The lowest BCUT2D eigenvalue weighted by molar-refractivity contribution is 1.22. The first-order chi connectivity index (χ1) is 5.29. The first-order valence-electron chi connectivity index (χ1n) is 3.48. The van der Waals surface area contributed by atoms with E-state index in [-0.39, 0.29) is 0 Å². The highest BCUT2D eigenvalue weighted by Crippen LogP contribution is 2.29. The van der Waals surface area contributed by atoms with Crippen LogP contribution in [0.1, 0.15) is 0 Å². The summed E-state index contributed by atoms with van der Waals surface area (Å²) >= 11 is 0. The monoisotopic (exact) mass is 163 g/mol. The van der Waals surface area contributed by atoms with Crippen molar-refractivity contribution in [1.29, 1.82) is 0 Å². The summed E-state index contributed by atoms with van der Waals surface area (Å²) < 4.78 is 4.37. The van der Waals surface area contributed by atoms with Crippen molar-refractivity contribution in [3.8, 4) is 0 Å². The highest BCUT2D eigenvalue weighted by atomic mass is 28.2. The van der Waals surface area contributed by atoms with Gasteiger partial charge in [-0.25, -0.2) is 4.98 Å². The summed E-state index contributed by atoms with van der Waals surface area (Å²) in [6, 6.07) is 4.07. The van der Waals surface area contributed by atoms with Crippen LogP contribution in [0.25, 0.3) is 0 Å². The van der Waals surface area contributed by atoms with E-state index >= 15 is 0 Å². The highest BCUT2D eigenvalue weighted by Gasteiger charge is 2.22. The summed E-state index contributed by atoms with van der Waals surface area (Å²) in [5.41, 5.74) is 1.23. The van der Waals surface area contributed by atoms with Gasteiger partial charge in [-0.1, -0.05) is 0 Å². The van der Waals surface area contributed by atoms with Crippen LogP contribution in [0.15, 0.2) is 18.3 Å². The molecule has 0 amide bonds. The molecule has 0 unspecified atom stereocenters. The summed E-state index contributed by atoms with van der Waals surface area (Å²) in [4.78, 5) is 4.28. The number of fused-ring (bicyclic) bond motifs is 1. The molecular formula is C7H9N3Si. The fraction of sp³-hybridized carbons (Fsp3) is 0.286. The van der Waals surface area contributed by atoms with Crippen LogP contribution >= 0.6 is 0 Å². The van der Waals surface area contributed by atoms with Gasteiger partial charge in [-0.05, 0) is 19.2 Å². The molecule has 0 spiro atoms. The van der Waals surface area contributed by atoms with Crippen molar-refractivity contribution in [3.63, 3.8) is 0 Å². The van der Waals surface area contributed by atoms with E-state index in [2.05, 4.69) is 34.3 Å². The maximum absolute atomic E-state index is 4.28. The third-order valence-electron chi connectivity index (χ3n) is 1.75. The molecule has 0 saturated heterocycles. The van der Waals surface area contributed by atoms with E-state index in [1.165, 1.54) is 5.69 Å². The molecule has 11 heavy (non-hydrogen) atoms. The fourth-order valence-corrected chi connectivity index (χ4v) is 2.23. The van der Waals surface area contributed by atoms with Crippen LogP contribution in [0, 0.1) is 0 Å². The van der Waals surface area contributed by atoms with Gasteiger partial charge in [0.1, 0.15) is 5.82 Å². The van der Waals surface area contributed by atoms with E-state index < -0.39 is 0 Å². The smallest absolute Gasteiger partial charge is 0.333 e. The SMILES string of the molecule is CN1[Si]N(C)c2ncccc21. The molecule has 2 rings (SSSR count). The maximum Gasteiger partial charge on any atom is 0.333 e. The second-order valence-corrected chi connectivity index (χ2v) is 4.11. The third kappa shape index (κ3) is 0.902. The first-order valence-corrected chi connectivity index (χ1v) is 4.37. The largest absolute Gasteiger partial charge is 0.380 e. The van der Waals surface area contributed by atoms with Crippen LogP contribution in [0.4, 0.5) is 11.5 Å². The normalized spacial score (nSPS) is 15.5. The van der Waals surface area contributed by atoms with Crippen LogP contribution in [-0.2, 0) is 0 Å². The summed E-state index contributed by atoms with van der Waals surface area (Å²) in [5, 5.41) is 0. The van der Waals surface area contributed by atoms with Gasteiger partial charge in [0.25, 0.3) is 0 Å². The molecule has 0 atom stereocenters. The van der Waals surface area contributed by atoms with Gasteiger partial charge in [-0.2, -0.15) is 0 Å². The van der Waals surface area contributed by atoms with Crippen molar-refractivity contribution >= 4 is 21.3 Å². The van der Waals surface area contributed by atoms with Gasteiger partial charge in [0.15, 0.2) is 0 Å². The Morgan fingerprint density at radius 2 is 2.18 bits per heavy atom. The van der Waals surface area contributed by atoms with Crippen molar-refractivity contribution in [1.82, 2.24) is 4.98 Å². The average Bonchev–Trinajstić information content (AvgIpc) is 2.30. The topological polar surface area (TPSA) is 19.4 Å². The summed E-state index contributed by atoms with van der Waals surface area (Å²) in [7, 11) is 4.85. The second-order valence-electron chi connectivity index (χ2n) is 2.56. The molecule has 2 radical (unpaired) electrons. The summed E-state index contributed by atoms with van der Waals surface area (Å²) in [6.45, 7) is 0. The van der Waals surface area contributed by atoms with Crippen LogP contribution in [-0.4, -0.2) is 28.9 Å². The molecule has 1 aliphatic heterocycles. The second kappa shape index (κ2) is 2.23. The van der Waals surface area contributed by atoms with Crippen LogP contribution < -0.4 is 9.13 Å².